The van der Waals surface area contributed by atoms with Crippen molar-refractivity contribution in [1.29, 1.82) is 0 Å². The number of ether oxygens (including phenoxy) is 1. The van der Waals surface area contributed by atoms with Crippen LogP contribution in [0.2, 0.25) is 0 Å². The van der Waals surface area contributed by atoms with Crippen LogP contribution in [-0.4, -0.2) is 28.5 Å². The molecule has 6 nitrogen and oxygen atoms in total. The Labute approximate surface area is 183 Å². The van der Waals surface area contributed by atoms with Crippen molar-refractivity contribution in [3.05, 3.63) is 94.5 Å². The number of aromatic nitrogens is 1. The van der Waals surface area contributed by atoms with E-state index in [1.54, 1.807) is 35.4 Å². The van der Waals surface area contributed by atoms with Gasteiger partial charge in [0.2, 0.25) is 0 Å². The number of alkyl halides is 2. The molecule has 0 saturated heterocycles. The largest absolute Gasteiger partial charge is 0.514 e. The molecule has 2 N–H and O–H groups in total. The Morgan fingerprint density at radius 2 is 2.09 bits per heavy atom. The highest BCUT2D eigenvalue weighted by Crippen LogP contribution is 2.42. The minimum atomic E-state index is -3.05. The number of aliphatic hydroxyl groups is 1. The summed E-state index contributed by atoms with van der Waals surface area (Å²) in [5, 5.41) is 12.4. The number of hydrogen-bond donors (Lipinski definition) is 2. The van der Waals surface area contributed by atoms with E-state index >= 15 is 0 Å². The van der Waals surface area contributed by atoms with Crippen molar-refractivity contribution >= 4 is 17.4 Å². The third-order valence-electron chi connectivity index (χ3n) is 4.94. The summed E-state index contributed by atoms with van der Waals surface area (Å²) in [5.41, 5.74) is 6.88. The van der Waals surface area contributed by atoms with Crippen LogP contribution in [0.15, 0.2) is 83.4 Å². The first-order valence-corrected chi connectivity index (χ1v) is 9.74. The fraction of sp³-hybridized carbons (Fsp3) is 0.167. The van der Waals surface area contributed by atoms with Crippen LogP contribution in [0.25, 0.3) is 0 Å². The molecule has 0 spiro atoms. The lowest BCUT2D eigenvalue weighted by Gasteiger charge is -2.33. The molecule has 162 valence electrons. The summed E-state index contributed by atoms with van der Waals surface area (Å²) < 4.78 is 32.6. The topological polar surface area (TPSA) is 74.7 Å². The third-order valence-corrected chi connectivity index (χ3v) is 4.94. The van der Waals surface area contributed by atoms with Crippen LogP contribution >= 0.6 is 0 Å². The smallest absolute Gasteiger partial charge is 0.278 e. The summed E-state index contributed by atoms with van der Waals surface area (Å²) in [6.07, 6.45) is 5.11. The number of benzene rings is 1. The van der Waals surface area contributed by atoms with Crippen LogP contribution in [0, 0.1) is 6.92 Å². The SMILES string of the molecule is Cc1cccnc1N1/C(=C/O)COc2c(C(=O)NC3=C=C=C(C(C)(F)F)C=C3)cccc21. The van der Waals surface area contributed by atoms with Gasteiger partial charge in [-0.05, 0) is 48.6 Å². The number of pyridine rings is 1. The van der Waals surface area contributed by atoms with Gasteiger partial charge in [-0.3, -0.25) is 9.69 Å². The number of rotatable bonds is 4. The van der Waals surface area contributed by atoms with E-state index in [-0.39, 0.29) is 23.4 Å². The van der Waals surface area contributed by atoms with Gasteiger partial charge in [0.1, 0.15) is 18.7 Å². The molecule has 0 bridgehead atoms. The molecule has 1 aliphatic carbocycles. The number of anilines is 2. The van der Waals surface area contributed by atoms with Crippen molar-refractivity contribution in [3.8, 4) is 5.75 Å². The lowest BCUT2D eigenvalue weighted by atomic mass is 10.1. The molecule has 1 aromatic heterocycles. The molecule has 1 aliphatic heterocycles. The lowest BCUT2D eigenvalue weighted by molar-refractivity contribution is 0.0677. The Morgan fingerprint density at radius 3 is 2.75 bits per heavy atom. The molecule has 1 aromatic carbocycles. The first kappa shape index (κ1) is 21.1. The van der Waals surface area contributed by atoms with E-state index in [1.165, 1.54) is 12.2 Å². The number of nitrogens with zero attached hydrogens (tertiary/aromatic N) is 2. The van der Waals surface area contributed by atoms with Crippen LogP contribution in [0.1, 0.15) is 22.8 Å². The fourth-order valence-electron chi connectivity index (χ4n) is 3.36. The number of allylic oxidation sites excluding steroid dienone is 3. The number of para-hydroxylation sites is 1. The van der Waals surface area contributed by atoms with E-state index < -0.39 is 11.8 Å². The monoisotopic (exact) mass is 435 g/mol. The number of hydrogen-bond acceptors (Lipinski definition) is 5. The zero-order chi connectivity index (χ0) is 22.9. The Hall–Kier alpha value is -4.12. The summed E-state index contributed by atoms with van der Waals surface area (Å²) in [7, 11) is 0. The van der Waals surface area contributed by atoms with Gasteiger partial charge in [-0.1, -0.05) is 17.9 Å². The molecular weight excluding hydrogens is 416 g/mol. The number of carbonyl (C=O) groups is 1. The van der Waals surface area contributed by atoms with Gasteiger partial charge in [0.15, 0.2) is 5.75 Å². The van der Waals surface area contributed by atoms with Crippen molar-refractivity contribution < 1.29 is 23.4 Å². The summed E-state index contributed by atoms with van der Waals surface area (Å²) >= 11 is 0. The van der Waals surface area contributed by atoms with Gasteiger partial charge >= 0.3 is 0 Å². The quantitative estimate of drug-likeness (QED) is 0.531. The highest BCUT2D eigenvalue weighted by Gasteiger charge is 2.30. The zero-order valence-corrected chi connectivity index (χ0v) is 17.3. The molecule has 1 amide bonds. The van der Waals surface area contributed by atoms with Crippen LogP contribution in [0.5, 0.6) is 5.75 Å². The standard InChI is InChI=1S/C24H19F2N3O3/c1-15-5-4-12-27-22(15)29-18(13-30)14-32-21-19(6-3-7-20(21)29)23(31)28-17-10-8-16(9-11-17)24(2,25)26/h3-8,10,12-13,30H,14H2,1-2H3,(H,28,31)/b18-13+. The molecule has 32 heavy (non-hydrogen) atoms. The summed E-state index contributed by atoms with van der Waals surface area (Å²) in [4.78, 5) is 19.1. The number of fused-ring (bicyclic) bond motifs is 1. The minimum Gasteiger partial charge on any atom is -0.514 e. The maximum absolute atomic E-state index is 13.4. The van der Waals surface area contributed by atoms with E-state index in [9.17, 15) is 18.7 Å². The number of halogens is 2. The van der Waals surface area contributed by atoms with Crippen molar-refractivity contribution in [3.63, 3.8) is 0 Å². The van der Waals surface area contributed by atoms with E-state index in [4.69, 9.17) is 4.74 Å². The molecule has 4 rings (SSSR count). The molecule has 0 saturated carbocycles. The number of carbonyl (C=O) groups excluding carboxylic acids is 1. The van der Waals surface area contributed by atoms with Crippen LogP contribution in [0.4, 0.5) is 20.3 Å². The first-order valence-electron chi connectivity index (χ1n) is 9.74. The fourth-order valence-corrected chi connectivity index (χ4v) is 3.36. The highest BCUT2D eigenvalue weighted by molar-refractivity contribution is 6.01. The average Bonchev–Trinajstić information content (AvgIpc) is 2.78. The molecule has 0 radical (unpaired) electrons. The van der Waals surface area contributed by atoms with Gasteiger partial charge in [-0.15, -0.1) is 0 Å². The second-order valence-electron chi connectivity index (χ2n) is 7.30. The molecule has 2 aromatic rings. The summed E-state index contributed by atoms with van der Waals surface area (Å²) in [6, 6.07) is 8.71. The van der Waals surface area contributed by atoms with Gasteiger partial charge in [0, 0.05) is 13.1 Å². The van der Waals surface area contributed by atoms with Gasteiger partial charge in [-0.25, -0.2) is 13.8 Å². The van der Waals surface area contributed by atoms with E-state index in [0.29, 0.717) is 23.0 Å². The van der Waals surface area contributed by atoms with Gasteiger partial charge in [-0.2, -0.15) is 0 Å². The third kappa shape index (κ3) is 3.93. The highest BCUT2D eigenvalue weighted by atomic mass is 19.3. The number of aliphatic hydroxyl groups excluding tert-OH is 1. The molecule has 0 unspecified atom stereocenters. The Morgan fingerprint density at radius 1 is 1.28 bits per heavy atom. The van der Waals surface area contributed by atoms with Crippen LogP contribution < -0.4 is 15.0 Å². The lowest BCUT2D eigenvalue weighted by Crippen LogP contribution is -2.30. The van der Waals surface area contributed by atoms with Crippen LogP contribution in [0.3, 0.4) is 0 Å². The first-order chi connectivity index (χ1) is 15.3. The maximum Gasteiger partial charge on any atom is 0.278 e. The predicted octanol–water partition coefficient (Wildman–Crippen LogP) is 4.84. The Balaban J connectivity index is 1.72. The summed E-state index contributed by atoms with van der Waals surface area (Å²) in [6.45, 7) is 2.67. The normalized spacial score (nSPS) is 16.2. The van der Waals surface area contributed by atoms with Gasteiger partial charge < -0.3 is 15.2 Å². The van der Waals surface area contributed by atoms with Crippen molar-refractivity contribution in [2.75, 3.05) is 11.5 Å². The molecule has 8 heteroatoms. The Kier molecular flexibility index (Phi) is 5.41. The van der Waals surface area contributed by atoms with Gasteiger partial charge in [0.25, 0.3) is 11.8 Å². The van der Waals surface area contributed by atoms with E-state index in [2.05, 4.69) is 21.8 Å². The maximum atomic E-state index is 13.4. The van der Waals surface area contributed by atoms with E-state index in [1.807, 2.05) is 13.0 Å². The van der Waals surface area contributed by atoms with Crippen molar-refractivity contribution in [2.24, 2.45) is 0 Å². The second-order valence-corrected chi connectivity index (χ2v) is 7.30. The minimum absolute atomic E-state index is 0.0178. The molecule has 2 aliphatic rings. The predicted molar refractivity (Wildman–Crippen MR) is 115 cm³/mol. The number of amides is 1. The van der Waals surface area contributed by atoms with Gasteiger partial charge in [0.05, 0.1) is 28.2 Å². The van der Waals surface area contributed by atoms with E-state index in [0.717, 1.165) is 18.7 Å². The number of aryl methyl sites for hydroxylation is 1. The molecule has 0 atom stereocenters. The average molecular weight is 435 g/mol. The summed E-state index contributed by atoms with van der Waals surface area (Å²) in [5.74, 6) is -2.65. The molecule has 0 fully saturated rings. The zero-order valence-electron chi connectivity index (χ0n) is 17.3. The molecular formula is C24H19F2N3O3. The van der Waals surface area contributed by atoms with Crippen molar-refractivity contribution in [2.45, 2.75) is 19.8 Å². The van der Waals surface area contributed by atoms with Crippen LogP contribution in [-0.2, 0) is 0 Å². The Bertz CT molecular complexity index is 1260. The molecule has 2 heterocycles. The second kappa shape index (κ2) is 8.19. The van der Waals surface area contributed by atoms with Crippen molar-refractivity contribution in [1.82, 2.24) is 10.3 Å². The number of nitrogens with one attached hydrogen (secondary N) is 1.